The molecule has 7 nitrogen and oxygen atoms in total. The van der Waals surface area contributed by atoms with E-state index in [1.54, 1.807) is 12.4 Å². The number of halogens is 1. The monoisotopic (exact) mass is 342 g/mol. The van der Waals surface area contributed by atoms with Gasteiger partial charge in [0.1, 0.15) is 12.6 Å². The van der Waals surface area contributed by atoms with Gasteiger partial charge in [0, 0.05) is 18.1 Å². The Morgan fingerprint density at radius 2 is 1.92 bits per heavy atom. The minimum atomic E-state index is -0.555. The number of carbonyl (C=O) groups is 2. The summed E-state index contributed by atoms with van der Waals surface area (Å²) in [6.45, 7) is 4.14. The summed E-state index contributed by atoms with van der Waals surface area (Å²) in [5.74, 6) is -1.93. The van der Waals surface area contributed by atoms with Crippen molar-refractivity contribution in [1.82, 2.24) is 10.8 Å². The molecule has 0 unspecified atom stereocenters. The van der Waals surface area contributed by atoms with Crippen LogP contribution in [0.1, 0.15) is 30.6 Å². The van der Waals surface area contributed by atoms with Crippen LogP contribution >= 0.6 is 0 Å². The van der Waals surface area contributed by atoms with E-state index in [-0.39, 0.29) is 19.8 Å². The summed E-state index contributed by atoms with van der Waals surface area (Å²) in [6, 6.07) is 4.64. The number of nitrogens with one attached hydrogen (secondary N) is 2. The van der Waals surface area contributed by atoms with Crippen molar-refractivity contribution in [3.05, 3.63) is 35.6 Å². The zero-order valence-corrected chi connectivity index (χ0v) is 13.8. The smallest absolute Gasteiger partial charge is 0.251 e. The van der Waals surface area contributed by atoms with Crippen molar-refractivity contribution in [3.8, 4) is 0 Å². The van der Waals surface area contributed by atoms with Crippen LogP contribution in [0, 0.1) is 11.7 Å². The number of carbonyl (C=O) groups excluding carboxylic acids is 2. The average Bonchev–Trinajstić information content (AvgIpc) is 2.58. The topological polar surface area (TPSA) is 96.9 Å². The maximum atomic E-state index is 12.9. The molecule has 0 spiro atoms. The molecule has 0 heterocycles. The van der Waals surface area contributed by atoms with Crippen molar-refractivity contribution in [2.75, 3.05) is 20.0 Å². The molecule has 0 aliphatic carbocycles. The molecule has 2 atom stereocenters. The van der Waals surface area contributed by atoms with Crippen molar-refractivity contribution in [1.29, 1.82) is 0 Å². The summed E-state index contributed by atoms with van der Waals surface area (Å²) >= 11 is 0. The van der Waals surface area contributed by atoms with E-state index in [0.29, 0.717) is 12.2 Å². The van der Waals surface area contributed by atoms with Gasteiger partial charge in [0.2, 0.25) is 5.91 Å². The van der Waals surface area contributed by atoms with Crippen molar-refractivity contribution in [2.45, 2.75) is 26.3 Å². The van der Waals surface area contributed by atoms with Crippen molar-refractivity contribution < 1.29 is 28.7 Å². The molecule has 0 aromatic heterocycles. The molecule has 0 fully saturated rings. The first-order chi connectivity index (χ1) is 11.5. The third kappa shape index (κ3) is 7.03. The summed E-state index contributed by atoms with van der Waals surface area (Å²) < 4.78 is 23.3. The van der Waals surface area contributed by atoms with Gasteiger partial charge in [0.15, 0.2) is 0 Å². The standard InChI is InChI=1S/C16H23FN2O5/c1-3-23-10-24-9-14(8-11(2)15(20)19-22)18-16(21)12-4-6-13(17)7-5-12/h4-7,11,14,22H,3,8-10H2,1-2H3,(H,18,21)(H,19,20)/t11-,14-/m0/s1. The zero-order chi connectivity index (χ0) is 17.9. The Balaban J connectivity index is 2.66. The lowest BCUT2D eigenvalue weighted by Gasteiger charge is -2.21. The van der Waals surface area contributed by atoms with E-state index in [9.17, 15) is 14.0 Å². The van der Waals surface area contributed by atoms with Gasteiger partial charge in [0.05, 0.1) is 12.6 Å². The van der Waals surface area contributed by atoms with Crippen LogP contribution in [-0.4, -0.2) is 43.1 Å². The Hall–Kier alpha value is -2.03. The molecule has 1 aromatic carbocycles. The van der Waals surface area contributed by atoms with Crippen molar-refractivity contribution in [2.24, 2.45) is 5.92 Å². The summed E-state index contributed by atoms with van der Waals surface area (Å²) in [7, 11) is 0. The van der Waals surface area contributed by atoms with Crippen LogP contribution in [0.3, 0.4) is 0 Å². The summed E-state index contributed by atoms with van der Waals surface area (Å²) in [4.78, 5) is 23.6. The second-order valence-electron chi connectivity index (χ2n) is 5.27. The van der Waals surface area contributed by atoms with Crippen molar-refractivity contribution in [3.63, 3.8) is 0 Å². The van der Waals surface area contributed by atoms with Crippen molar-refractivity contribution >= 4 is 11.8 Å². The van der Waals surface area contributed by atoms with Gasteiger partial charge in [-0.15, -0.1) is 0 Å². The number of ether oxygens (including phenoxy) is 2. The van der Waals surface area contributed by atoms with Gasteiger partial charge in [-0.3, -0.25) is 14.8 Å². The highest BCUT2D eigenvalue weighted by Gasteiger charge is 2.21. The maximum absolute atomic E-state index is 12.9. The minimum absolute atomic E-state index is 0.0694. The molecule has 134 valence electrons. The van der Waals surface area contributed by atoms with E-state index in [1.165, 1.54) is 24.3 Å². The highest BCUT2D eigenvalue weighted by Crippen LogP contribution is 2.09. The van der Waals surface area contributed by atoms with Crippen LogP contribution in [0.25, 0.3) is 0 Å². The van der Waals surface area contributed by atoms with Gasteiger partial charge in [-0.25, -0.2) is 9.87 Å². The van der Waals surface area contributed by atoms with Crippen LogP contribution in [0.5, 0.6) is 0 Å². The third-order valence-electron chi connectivity index (χ3n) is 3.33. The molecule has 2 amide bonds. The first-order valence-corrected chi connectivity index (χ1v) is 7.63. The highest BCUT2D eigenvalue weighted by atomic mass is 19.1. The number of hydrogen-bond donors (Lipinski definition) is 3. The molecule has 3 N–H and O–H groups in total. The largest absolute Gasteiger partial charge is 0.356 e. The fourth-order valence-corrected chi connectivity index (χ4v) is 2.02. The molecule has 24 heavy (non-hydrogen) atoms. The summed E-state index contributed by atoms with van der Waals surface area (Å²) in [6.07, 6.45) is 0.255. The van der Waals surface area contributed by atoms with E-state index < -0.39 is 29.6 Å². The predicted octanol–water partition coefficient (Wildman–Crippen LogP) is 1.47. The van der Waals surface area contributed by atoms with Gasteiger partial charge < -0.3 is 14.8 Å². The predicted molar refractivity (Wildman–Crippen MR) is 83.8 cm³/mol. The summed E-state index contributed by atoms with van der Waals surface area (Å²) in [5, 5.41) is 11.4. The SMILES string of the molecule is CCOCOC[C@H](C[C@H](C)C(=O)NO)NC(=O)c1ccc(F)cc1. The quantitative estimate of drug-likeness (QED) is 0.259. The van der Waals surface area contributed by atoms with Crippen LogP contribution in [0.2, 0.25) is 0 Å². The lowest BCUT2D eigenvalue weighted by molar-refractivity contribution is -0.133. The normalized spacial score (nSPS) is 13.2. The Morgan fingerprint density at radius 1 is 1.25 bits per heavy atom. The zero-order valence-electron chi connectivity index (χ0n) is 13.8. The second-order valence-corrected chi connectivity index (χ2v) is 5.27. The molecule has 8 heteroatoms. The van der Waals surface area contributed by atoms with Crippen LogP contribution in [0.15, 0.2) is 24.3 Å². The van der Waals surface area contributed by atoms with Crippen LogP contribution < -0.4 is 10.8 Å². The molecule has 0 aliphatic rings. The lowest BCUT2D eigenvalue weighted by atomic mass is 10.0. The molecule has 0 saturated heterocycles. The molecule has 1 aromatic rings. The molecule has 0 radical (unpaired) electrons. The Morgan fingerprint density at radius 3 is 2.50 bits per heavy atom. The number of hydroxylamine groups is 1. The molecular formula is C16H23FN2O5. The van der Waals surface area contributed by atoms with Crippen LogP contribution in [0.4, 0.5) is 4.39 Å². The molecule has 0 saturated carbocycles. The number of benzene rings is 1. The fraction of sp³-hybridized carbons (Fsp3) is 0.500. The van der Waals surface area contributed by atoms with Crippen LogP contribution in [-0.2, 0) is 14.3 Å². The van der Waals surface area contributed by atoms with E-state index in [1.807, 2.05) is 6.92 Å². The lowest BCUT2D eigenvalue weighted by Crippen LogP contribution is -2.41. The van der Waals surface area contributed by atoms with E-state index >= 15 is 0 Å². The maximum Gasteiger partial charge on any atom is 0.251 e. The first-order valence-electron chi connectivity index (χ1n) is 7.63. The Bertz CT molecular complexity index is 524. The van der Waals surface area contributed by atoms with E-state index in [2.05, 4.69) is 5.32 Å². The highest BCUT2D eigenvalue weighted by molar-refractivity contribution is 5.94. The fourth-order valence-electron chi connectivity index (χ4n) is 2.02. The van der Waals surface area contributed by atoms with Gasteiger partial charge in [-0.1, -0.05) is 6.92 Å². The summed E-state index contributed by atoms with van der Waals surface area (Å²) in [5.41, 5.74) is 1.88. The van der Waals surface area contributed by atoms with Gasteiger partial charge >= 0.3 is 0 Å². The third-order valence-corrected chi connectivity index (χ3v) is 3.33. The minimum Gasteiger partial charge on any atom is -0.356 e. The number of rotatable bonds is 10. The van der Waals surface area contributed by atoms with E-state index in [4.69, 9.17) is 14.7 Å². The van der Waals surface area contributed by atoms with Gasteiger partial charge in [-0.05, 0) is 37.6 Å². The Labute approximate surface area is 140 Å². The molecule has 1 rings (SSSR count). The average molecular weight is 342 g/mol. The molecule has 0 aliphatic heterocycles. The van der Waals surface area contributed by atoms with Gasteiger partial charge in [0.25, 0.3) is 5.91 Å². The second kappa shape index (κ2) is 10.7. The number of hydrogen-bond acceptors (Lipinski definition) is 5. The first kappa shape index (κ1) is 20.0. The molecular weight excluding hydrogens is 319 g/mol. The van der Waals surface area contributed by atoms with Gasteiger partial charge in [-0.2, -0.15) is 0 Å². The molecule has 0 bridgehead atoms. The van der Waals surface area contributed by atoms with E-state index in [0.717, 1.165) is 0 Å². The number of amides is 2. The Kier molecular flexibility index (Phi) is 8.92.